The minimum absolute atomic E-state index is 0.160. The van der Waals surface area contributed by atoms with Gasteiger partial charge in [-0.25, -0.2) is 9.79 Å². The third kappa shape index (κ3) is 2.54. The Morgan fingerprint density at radius 1 is 1.00 bits per heavy atom. The van der Waals surface area contributed by atoms with E-state index in [1.54, 1.807) is 6.20 Å². The Bertz CT molecular complexity index is 1130. The highest BCUT2D eigenvalue weighted by molar-refractivity contribution is 6.07. The van der Waals surface area contributed by atoms with Gasteiger partial charge < -0.3 is 9.84 Å². The van der Waals surface area contributed by atoms with Crippen LogP contribution < -0.4 is 0 Å². The first-order chi connectivity index (χ1) is 13.9. The summed E-state index contributed by atoms with van der Waals surface area (Å²) < 4.78 is 5.22. The quantitative estimate of drug-likeness (QED) is 0.696. The summed E-state index contributed by atoms with van der Waals surface area (Å²) in [5, 5.41) is 20.1. The largest absolute Gasteiger partial charge is 0.458 e. The molecule has 0 bridgehead atoms. The van der Waals surface area contributed by atoms with Crippen LogP contribution in [0.15, 0.2) is 59.7 Å². The summed E-state index contributed by atoms with van der Waals surface area (Å²) in [4.78, 5) is 18.6. The number of aromatic nitrogens is 3. The number of rotatable bonds is 3. The summed E-state index contributed by atoms with van der Waals surface area (Å²) in [5.74, 6) is -0.572. The van der Waals surface area contributed by atoms with Crippen molar-refractivity contribution in [2.75, 3.05) is 6.61 Å². The van der Waals surface area contributed by atoms with Crippen molar-refractivity contribution in [2.24, 2.45) is 4.99 Å². The number of nitrogens with zero attached hydrogens (tertiary/aromatic N) is 4. The minimum atomic E-state index is -1.74. The molecule has 2 aliphatic heterocycles. The summed E-state index contributed by atoms with van der Waals surface area (Å²) in [6.45, 7) is 3.79. The number of ether oxygens (including phenoxy) is 1. The average molecular weight is 388 g/mol. The van der Waals surface area contributed by atoms with Crippen molar-refractivity contribution in [2.45, 2.75) is 31.5 Å². The van der Waals surface area contributed by atoms with Crippen LogP contribution in [-0.4, -0.2) is 44.1 Å². The van der Waals surface area contributed by atoms with Gasteiger partial charge >= 0.3 is 5.97 Å². The number of aliphatic hydroxyl groups is 1. The monoisotopic (exact) mass is 388 g/mol. The standard InChI is InChI=1S/C22H20N4O3/c1-14-3-7-16(8-4-14)18-11-21(20(27)29-13-22(21,28)24-18)26-23-12-19(25-26)17-9-5-15(2)6-10-17/h3-10,12,28H,11,13H2,1-2H3/t21-,22+/m0/s1. The third-order valence-corrected chi connectivity index (χ3v) is 5.71. The number of cyclic esters (lactones) is 1. The van der Waals surface area contributed by atoms with Crippen LogP contribution in [0, 0.1) is 13.8 Å². The van der Waals surface area contributed by atoms with Crippen molar-refractivity contribution in [3.05, 3.63) is 71.4 Å². The molecule has 7 heteroatoms. The maximum absolute atomic E-state index is 12.8. The Labute approximate surface area is 167 Å². The average Bonchev–Trinajstić information content (AvgIpc) is 3.37. The molecule has 0 amide bonds. The molecule has 1 fully saturated rings. The molecule has 7 nitrogen and oxygen atoms in total. The molecule has 5 rings (SSSR count). The molecule has 2 aliphatic rings. The molecule has 1 aromatic heterocycles. The number of carbonyl (C=O) groups excluding carboxylic acids is 1. The maximum Gasteiger partial charge on any atom is 0.341 e. The molecule has 146 valence electrons. The number of esters is 1. The van der Waals surface area contributed by atoms with Gasteiger partial charge in [0.2, 0.25) is 11.3 Å². The van der Waals surface area contributed by atoms with Crippen LogP contribution in [0.3, 0.4) is 0 Å². The first-order valence-electron chi connectivity index (χ1n) is 9.47. The van der Waals surface area contributed by atoms with E-state index in [1.807, 2.05) is 62.4 Å². The fourth-order valence-corrected chi connectivity index (χ4v) is 3.94. The number of carbonyl (C=O) groups is 1. The van der Waals surface area contributed by atoms with Gasteiger partial charge in [0.25, 0.3) is 0 Å². The van der Waals surface area contributed by atoms with Crippen LogP contribution in [0.2, 0.25) is 0 Å². The predicted octanol–water partition coefficient (Wildman–Crippen LogP) is 2.40. The van der Waals surface area contributed by atoms with Crippen LogP contribution in [0.1, 0.15) is 23.1 Å². The molecule has 2 atom stereocenters. The number of aryl methyl sites for hydroxylation is 2. The summed E-state index contributed by atoms with van der Waals surface area (Å²) in [5.41, 5.74) is 2.01. The van der Waals surface area contributed by atoms with E-state index >= 15 is 0 Å². The van der Waals surface area contributed by atoms with E-state index < -0.39 is 17.2 Å². The number of hydrogen-bond donors (Lipinski definition) is 1. The number of fused-ring (bicyclic) bond motifs is 1. The van der Waals surface area contributed by atoms with E-state index in [0.717, 1.165) is 22.3 Å². The lowest BCUT2D eigenvalue weighted by molar-refractivity contribution is -0.147. The fraction of sp³-hybridized carbons (Fsp3) is 0.273. The van der Waals surface area contributed by atoms with Crippen molar-refractivity contribution < 1.29 is 14.6 Å². The lowest BCUT2D eigenvalue weighted by atomic mass is 9.87. The van der Waals surface area contributed by atoms with Crippen LogP contribution in [0.5, 0.6) is 0 Å². The number of benzene rings is 2. The van der Waals surface area contributed by atoms with Gasteiger partial charge in [-0.1, -0.05) is 59.7 Å². The Morgan fingerprint density at radius 3 is 2.28 bits per heavy atom. The normalized spacial score (nSPS) is 25.6. The van der Waals surface area contributed by atoms with Crippen molar-refractivity contribution in [3.8, 4) is 11.3 Å². The Morgan fingerprint density at radius 2 is 1.62 bits per heavy atom. The van der Waals surface area contributed by atoms with Crippen molar-refractivity contribution in [1.29, 1.82) is 0 Å². The van der Waals surface area contributed by atoms with Crippen molar-refractivity contribution in [3.63, 3.8) is 0 Å². The highest BCUT2D eigenvalue weighted by atomic mass is 16.6. The summed E-state index contributed by atoms with van der Waals surface area (Å²) in [7, 11) is 0. The molecule has 0 unspecified atom stereocenters. The Hall–Kier alpha value is -3.32. The summed E-state index contributed by atoms with van der Waals surface area (Å²) >= 11 is 0. The molecule has 0 saturated carbocycles. The Balaban J connectivity index is 1.57. The zero-order chi connectivity index (χ0) is 20.2. The smallest absolute Gasteiger partial charge is 0.341 e. The zero-order valence-corrected chi connectivity index (χ0v) is 16.2. The van der Waals surface area contributed by atoms with Crippen molar-refractivity contribution >= 4 is 11.7 Å². The number of aliphatic imine (C=N–C) groups is 1. The second-order valence-corrected chi connectivity index (χ2v) is 7.74. The van der Waals surface area contributed by atoms with Crippen LogP contribution in [0.25, 0.3) is 11.3 Å². The van der Waals surface area contributed by atoms with E-state index in [4.69, 9.17) is 4.74 Å². The molecule has 29 heavy (non-hydrogen) atoms. The topological polar surface area (TPSA) is 89.6 Å². The van der Waals surface area contributed by atoms with Gasteiger partial charge in [0.05, 0.1) is 6.20 Å². The maximum atomic E-state index is 12.8. The molecule has 1 saturated heterocycles. The van der Waals surface area contributed by atoms with E-state index in [9.17, 15) is 9.90 Å². The van der Waals surface area contributed by atoms with Gasteiger partial charge in [0, 0.05) is 17.7 Å². The van der Waals surface area contributed by atoms with Gasteiger partial charge in [0.1, 0.15) is 12.3 Å². The number of hydrogen-bond acceptors (Lipinski definition) is 6. The highest BCUT2D eigenvalue weighted by Gasteiger charge is 2.69. The van der Waals surface area contributed by atoms with E-state index in [-0.39, 0.29) is 13.0 Å². The van der Waals surface area contributed by atoms with Gasteiger partial charge in [0.15, 0.2) is 0 Å². The molecule has 3 heterocycles. The summed E-state index contributed by atoms with van der Waals surface area (Å²) in [6.07, 6.45) is 1.75. The zero-order valence-electron chi connectivity index (χ0n) is 16.2. The third-order valence-electron chi connectivity index (χ3n) is 5.71. The van der Waals surface area contributed by atoms with Crippen molar-refractivity contribution in [1.82, 2.24) is 15.0 Å². The van der Waals surface area contributed by atoms with Gasteiger partial charge in [-0.3, -0.25) is 0 Å². The first-order valence-corrected chi connectivity index (χ1v) is 9.47. The van der Waals surface area contributed by atoms with Crippen LogP contribution >= 0.6 is 0 Å². The molecule has 0 aliphatic carbocycles. The van der Waals surface area contributed by atoms with E-state index in [2.05, 4.69) is 15.2 Å². The second-order valence-electron chi connectivity index (χ2n) is 7.74. The van der Waals surface area contributed by atoms with E-state index in [1.165, 1.54) is 4.80 Å². The van der Waals surface area contributed by atoms with Gasteiger partial charge in [-0.15, -0.1) is 0 Å². The van der Waals surface area contributed by atoms with Gasteiger partial charge in [-0.2, -0.15) is 15.0 Å². The second kappa shape index (κ2) is 6.09. The van der Waals surface area contributed by atoms with Gasteiger partial charge in [-0.05, 0) is 19.4 Å². The summed E-state index contributed by atoms with van der Waals surface area (Å²) in [6, 6.07) is 15.7. The molecule has 1 N–H and O–H groups in total. The van der Waals surface area contributed by atoms with Crippen LogP contribution in [-0.2, 0) is 15.1 Å². The lowest BCUT2D eigenvalue weighted by Crippen LogP contribution is -2.54. The molecule has 0 spiro atoms. The molecule has 2 aromatic carbocycles. The van der Waals surface area contributed by atoms with Crippen LogP contribution in [0.4, 0.5) is 0 Å². The highest BCUT2D eigenvalue weighted by Crippen LogP contribution is 2.47. The molecular weight excluding hydrogens is 368 g/mol. The minimum Gasteiger partial charge on any atom is -0.458 e. The Kier molecular flexibility index (Phi) is 3.73. The molecular formula is C22H20N4O3. The first kappa shape index (κ1) is 17.8. The molecule has 0 radical (unpaired) electrons. The molecule has 3 aromatic rings. The predicted molar refractivity (Wildman–Crippen MR) is 106 cm³/mol. The van der Waals surface area contributed by atoms with E-state index in [0.29, 0.717) is 11.4 Å². The SMILES string of the molecule is Cc1ccc(C2=N[C@@]3(O)COC(=O)[C@@]3(n3ncc(-c4ccc(C)cc4)n3)C2)cc1. The fourth-order valence-electron chi connectivity index (χ4n) is 3.94. The lowest BCUT2D eigenvalue weighted by Gasteiger charge is -2.27.